The third-order valence-electron chi connectivity index (χ3n) is 1.46. The van der Waals surface area contributed by atoms with Crippen LogP contribution in [0.4, 0.5) is 0 Å². The van der Waals surface area contributed by atoms with Gasteiger partial charge >= 0.3 is 0 Å². The Balaban J connectivity index is 2.60. The van der Waals surface area contributed by atoms with E-state index in [9.17, 15) is 4.79 Å². The van der Waals surface area contributed by atoms with Crippen LogP contribution in [0.25, 0.3) is 0 Å². The van der Waals surface area contributed by atoms with Crippen LogP contribution in [0.3, 0.4) is 0 Å². The first kappa shape index (κ1) is 6.71. The Morgan fingerprint density at radius 2 is 2.44 bits per heavy atom. The van der Waals surface area contributed by atoms with Gasteiger partial charge in [-0.15, -0.1) is 0 Å². The molecule has 3 nitrogen and oxygen atoms in total. The molecular weight excluding hydrogens is 120 g/mol. The standard InChI is InChI=1S/C6H10O3/c1-6(8)4-9-3-2-5(6)7/h8H,2-4H2,1H3. The molecule has 1 aliphatic rings. The van der Waals surface area contributed by atoms with Crippen LogP contribution in [-0.2, 0) is 9.53 Å². The molecule has 1 N–H and O–H groups in total. The number of carbonyl (C=O) groups excluding carboxylic acids is 1. The third kappa shape index (κ3) is 1.28. The maximum Gasteiger partial charge on any atom is 0.168 e. The highest BCUT2D eigenvalue weighted by Gasteiger charge is 2.32. The summed E-state index contributed by atoms with van der Waals surface area (Å²) in [6.45, 7) is 2.08. The molecule has 1 atom stereocenters. The molecule has 0 aromatic rings. The second kappa shape index (κ2) is 2.08. The largest absolute Gasteiger partial charge is 0.380 e. The van der Waals surface area contributed by atoms with E-state index in [1.807, 2.05) is 0 Å². The Hall–Kier alpha value is -0.410. The van der Waals surface area contributed by atoms with Crippen molar-refractivity contribution < 1.29 is 14.6 Å². The predicted molar refractivity (Wildman–Crippen MR) is 31.1 cm³/mol. The molecular formula is C6H10O3. The quantitative estimate of drug-likeness (QED) is 0.491. The van der Waals surface area contributed by atoms with Crippen molar-refractivity contribution >= 4 is 5.78 Å². The molecule has 3 heteroatoms. The zero-order chi connectivity index (χ0) is 6.91. The second-order valence-corrected chi connectivity index (χ2v) is 2.50. The van der Waals surface area contributed by atoms with E-state index in [0.29, 0.717) is 13.0 Å². The number of hydrogen-bond donors (Lipinski definition) is 1. The van der Waals surface area contributed by atoms with Crippen molar-refractivity contribution in [3.05, 3.63) is 0 Å². The third-order valence-corrected chi connectivity index (χ3v) is 1.46. The summed E-state index contributed by atoms with van der Waals surface area (Å²) in [5.41, 5.74) is -1.22. The first-order valence-corrected chi connectivity index (χ1v) is 2.96. The Labute approximate surface area is 53.6 Å². The molecule has 0 spiro atoms. The minimum atomic E-state index is -1.22. The van der Waals surface area contributed by atoms with Gasteiger partial charge in [0.1, 0.15) is 5.60 Å². The maximum atomic E-state index is 10.8. The highest BCUT2D eigenvalue weighted by molar-refractivity contribution is 5.87. The maximum absolute atomic E-state index is 10.8. The lowest BCUT2D eigenvalue weighted by molar-refractivity contribution is -0.150. The molecule has 1 saturated heterocycles. The Morgan fingerprint density at radius 1 is 1.78 bits per heavy atom. The van der Waals surface area contributed by atoms with Crippen LogP contribution < -0.4 is 0 Å². The topological polar surface area (TPSA) is 46.5 Å². The molecule has 1 rings (SSSR count). The number of ketones is 1. The van der Waals surface area contributed by atoms with Crippen LogP contribution in [-0.4, -0.2) is 29.7 Å². The van der Waals surface area contributed by atoms with E-state index in [-0.39, 0.29) is 12.4 Å². The Morgan fingerprint density at radius 3 is 2.78 bits per heavy atom. The first-order valence-electron chi connectivity index (χ1n) is 2.96. The highest BCUT2D eigenvalue weighted by Crippen LogP contribution is 2.13. The van der Waals surface area contributed by atoms with Crippen LogP contribution in [0.5, 0.6) is 0 Å². The number of hydrogen-bond acceptors (Lipinski definition) is 3. The first-order chi connectivity index (χ1) is 4.13. The number of carbonyl (C=O) groups is 1. The number of aliphatic hydroxyl groups is 1. The number of ether oxygens (including phenoxy) is 1. The normalized spacial score (nSPS) is 36.9. The summed E-state index contributed by atoms with van der Waals surface area (Å²) in [4.78, 5) is 10.8. The Kier molecular flexibility index (Phi) is 1.55. The van der Waals surface area contributed by atoms with Gasteiger partial charge in [0.15, 0.2) is 5.78 Å². The molecule has 9 heavy (non-hydrogen) atoms. The number of Topliss-reactive ketones (excluding diaryl/α,β-unsaturated/α-hetero) is 1. The van der Waals surface area contributed by atoms with E-state index in [2.05, 4.69) is 0 Å². The molecule has 1 fully saturated rings. The molecule has 0 aromatic heterocycles. The van der Waals surface area contributed by atoms with Crippen LogP contribution in [0, 0.1) is 0 Å². The van der Waals surface area contributed by atoms with E-state index >= 15 is 0 Å². The fraction of sp³-hybridized carbons (Fsp3) is 0.833. The van der Waals surface area contributed by atoms with Gasteiger partial charge < -0.3 is 9.84 Å². The summed E-state index contributed by atoms with van der Waals surface area (Å²) >= 11 is 0. The molecule has 0 radical (unpaired) electrons. The van der Waals surface area contributed by atoms with Crippen LogP contribution >= 0.6 is 0 Å². The van der Waals surface area contributed by atoms with Crippen LogP contribution in [0.1, 0.15) is 13.3 Å². The fourth-order valence-corrected chi connectivity index (χ4v) is 0.786. The summed E-state index contributed by atoms with van der Waals surface area (Å²) in [5, 5.41) is 9.17. The zero-order valence-electron chi connectivity index (χ0n) is 5.39. The van der Waals surface area contributed by atoms with Crippen LogP contribution in [0.2, 0.25) is 0 Å². The van der Waals surface area contributed by atoms with E-state index in [0.717, 1.165) is 0 Å². The van der Waals surface area contributed by atoms with Gasteiger partial charge in [-0.3, -0.25) is 4.79 Å². The molecule has 0 amide bonds. The number of rotatable bonds is 0. The van der Waals surface area contributed by atoms with Crippen molar-refractivity contribution in [3.63, 3.8) is 0 Å². The minimum absolute atomic E-state index is 0.117. The van der Waals surface area contributed by atoms with Gasteiger partial charge in [0.05, 0.1) is 13.2 Å². The SMILES string of the molecule is CC1(O)COCCC1=O. The summed E-state index contributed by atoms with van der Waals surface area (Å²) in [6, 6.07) is 0. The molecule has 0 aliphatic carbocycles. The highest BCUT2D eigenvalue weighted by atomic mass is 16.5. The molecule has 1 aliphatic heterocycles. The van der Waals surface area contributed by atoms with Crippen molar-refractivity contribution in [3.8, 4) is 0 Å². The fourth-order valence-electron chi connectivity index (χ4n) is 0.786. The predicted octanol–water partition coefficient (Wildman–Crippen LogP) is -0.273. The average Bonchev–Trinajstić information content (AvgIpc) is 1.77. The molecule has 0 aromatic carbocycles. The smallest absolute Gasteiger partial charge is 0.168 e. The van der Waals surface area contributed by atoms with E-state index in [1.54, 1.807) is 0 Å². The van der Waals surface area contributed by atoms with Gasteiger partial charge in [0.25, 0.3) is 0 Å². The zero-order valence-corrected chi connectivity index (χ0v) is 5.39. The summed E-state index contributed by atoms with van der Waals surface area (Å²) in [5.74, 6) is -0.117. The van der Waals surface area contributed by atoms with Gasteiger partial charge in [-0.2, -0.15) is 0 Å². The molecule has 0 bridgehead atoms. The Bertz CT molecular complexity index is 128. The van der Waals surface area contributed by atoms with E-state index in [1.165, 1.54) is 6.92 Å². The van der Waals surface area contributed by atoms with Crippen molar-refractivity contribution in [1.82, 2.24) is 0 Å². The lowest BCUT2D eigenvalue weighted by Crippen LogP contribution is -2.44. The van der Waals surface area contributed by atoms with E-state index < -0.39 is 5.60 Å². The van der Waals surface area contributed by atoms with Gasteiger partial charge in [-0.25, -0.2) is 0 Å². The minimum Gasteiger partial charge on any atom is -0.380 e. The molecule has 1 heterocycles. The van der Waals surface area contributed by atoms with Crippen molar-refractivity contribution in [1.29, 1.82) is 0 Å². The summed E-state index contributed by atoms with van der Waals surface area (Å²) in [7, 11) is 0. The molecule has 0 saturated carbocycles. The van der Waals surface area contributed by atoms with Crippen molar-refractivity contribution in [2.45, 2.75) is 18.9 Å². The van der Waals surface area contributed by atoms with Gasteiger partial charge in [0, 0.05) is 6.42 Å². The summed E-state index contributed by atoms with van der Waals surface area (Å²) < 4.78 is 4.88. The lowest BCUT2D eigenvalue weighted by Gasteiger charge is -2.25. The molecule has 52 valence electrons. The van der Waals surface area contributed by atoms with E-state index in [4.69, 9.17) is 9.84 Å². The van der Waals surface area contributed by atoms with Crippen LogP contribution in [0.15, 0.2) is 0 Å². The monoisotopic (exact) mass is 130 g/mol. The van der Waals surface area contributed by atoms with Crippen molar-refractivity contribution in [2.75, 3.05) is 13.2 Å². The molecule has 1 unspecified atom stereocenters. The lowest BCUT2D eigenvalue weighted by atomic mass is 9.98. The van der Waals surface area contributed by atoms with Gasteiger partial charge in [-0.05, 0) is 6.92 Å². The second-order valence-electron chi connectivity index (χ2n) is 2.50. The van der Waals surface area contributed by atoms with Gasteiger partial charge in [-0.1, -0.05) is 0 Å². The average molecular weight is 130 g/mol. The van der Waals surface area contributed by atoms with Crippen molar-refractivity contribution in [2.24, 2.45) is 0 Å². The summed E-state index contributed by atoms with van der Waals surface area (Å²) in [6.07, 6.45) is 0.340. The van der Waals surface area contributed by atoms with Gasteiger partial charge in [0.2, 0.25) is 0 Å².